The molecular formula is C16H20N4PdS6. The molecule has 0 bridgehead atoms. The van der Waals surface area contributed by atoms with E-state index in [0.717, 1.165) is 21.2 Å². The Morgan fingerprint density at radius 3 is 1.48 bits per heavy atom. The first-order valence-electron chi connectivity index (χ1n) is 7.32. The molecule has 0 aliphatic rings. The van der Waals surface area contributed by atoms with Gasteiger partial charge in [0.25, 0.3) is 0 Å². The molecule has 11 heteroatoms. The van der Waals surface area contributed by atoms with Gasteiger partial charge in [0, 0.05) is 30.2 Å². The Bertz CT molecular complexity index is 677. The van der Waals surface area contributed by atoms with Gasteiger partial charge in [-0.25, -0.2) is 0 Å². The first-order valence-corrected chi connectivity index (χ1v) is 12.3. The molecule has 2 rings (SSSR count). The Balaban J connectivity index is 0.000000483. The van der Waals surface area contributed by atoms with E-state index in [9.17, 15) is 0 Å². The maximum absolute atomic E-state index is 4.95. The van der Waals surface area contributed by atoms with Crippen LogP contribution in [-0.4, -0.2) is 32.6 Å². The number of thiophene rings is 2. The van der Waals surface area contributed by atoms with E-state index >= 15 is 0 Å². The minimum Gasteiger partial charge on any atom is -0.262 e. The van der Waals surface area contributed by atoms with Crippen molar-refractivity contribution >= 4 is 90.7 Å². The monoisotopic (exact) mass is 566 g/mol. The van der Waals surface area contributed by atoms with E-state index in [2.05, 4.69) is 21.1 Å². The Morgan fingerprint density at radius 1 is 0.852 bits per heavy atom. The summed E-state index contributed by atoms with van der Waals surface area (Å²) in [6.07, 6.45) is 3.84. The molecule has 2 aromatic rings. The Morgan fingerprint density at radius 2 is 1.22 bits per heavy atom. The Labute approximate surface area is 201 Å². The Hall–Kier alpha value is -0.118. The molecule has 0 aliphatic carbocycles. The van der Waals surface area contributed by atoms with Crippen LogP contribution >= 0.6 is 70.6 Å². The summed E-state index contributed by atoms with van der Waals surface area (Å²) in [6, 6.07) is 8.08. The van der Waals surface area contributed by atoms with E-state index in [1.807, 2.05) is 61.4 Å². The number of thiocarbonyl (C=S) groups is 2. The number of thioether (sulfide) groups is 2. The fourth-order valence-electron chi connectivity index (χ4n) is 1.43. The van der Waals surface area contributed by atoms with Crippen LogP contribution in [0.3, 0.4) is 0 Å². The smallest absolute Gasteiger partial charge is 0.153 e. The third kappa shape index (κ3) is 11.5. The van der Waals surface area contributed by atoms with Gasteiger partial charge in [-0.15, -0.1) is 22.7 Å². The standard InChI is InChI=1S/2C8H10N2S3.Pd/c2*1-6(7-4-3-5-13-7)9-10-8(11)12-2;/h2*3-5H,1-2H3,(H,10,11);. The van der Waals surface area contributed by atoms with Crippen molar-refractivity contribution in [1.29, 1.82) is 0 Å². The third-order valence-corrected chi connectivity index (χ3v) is 6.82. The van der Waals surface area contributed by atoms with Gasteiger partial charge < -0.3 is 0 Å². The second-order valence-corrected chi connectivity index (χ2v) is 9.42. The average molecular weight is 567 g/mol. The molecule has 2 heterocycles. The summed E-state index contributed by atoms with van der Waals surface area (Å²) < 4.78 is 1.38. The van der Waals surface area contributed by atoms with Crippen molar-refractivity contribution in [2.45, 2.75) is 13.8 Å². The van der Waals surface area contributed by atoms with Gasteiger partial charge in [0.1, 0.15) is 0 Å². The number of hydrazone groups is 2. The van der Waals surface area contributed by atoms with E-state index in [1.165, 1.54) is 23.5 Å². The summed E-state index contributed by atoms with van der Waals surface area (Å²) in [5, 5.41) is 12.4. The molecule has 0 fully saturated rings. The van der Waals surface area contributed by atoms with Crippen molar-refractivity contribution in [3.05, 3.63) is 44.8 Å². The van der Waals surface area contributed by atoms with Crippen LogP contribution in [0.4, 0.5) is 0 Å². The molecule has 0 atom stereocenters. The van der Waals surface area contributed by atoms with Gasteiger partial charge in [0.15, 0.2) is 8.64 Å². The topological polar surface area (TPSA) is 48.8 Å². The van der Waals surface area contributed by atoms with Crippen LogP contribution in [0, 0.1) is 0 Å². The van der Waals surface area contributed by atoms with Crippen LogP contribution in [0.15, 0.2) is 45.2 Å². The molecule has 0 aliphatic heterocycles. The van der Waals surface area contributed by atoms with Crippen LogP contribution in [-0.2, 0) is 20.4 Å². The molecule has 27 heavy (non-hydrogen) atoms. The molecular weight excluding hydrogens is 547 g/mol. The van der Waals surface area contributed by atoms with Crippen molar-refractivity contribution < 1.29 is 20.4 Å². The van der Waals surface area contributed by atoms with Crippen molar-refractivity contribution in [3.63, 3.8) is 0 Å². The molecule has 0 spiro atoms. The molecule has 0 amide bonds. The molecule has 4 nitrogen and oxygen atoms in total. The number of nitrogens with zero attached hydrogens (tertiary/aromatic N) is 2. The van der Waals surface area contributed by atoms with Gasteiger partial charge in [-0.2, -0.15) is 10.2 Å². The predicted molar refractivity (Wildman–Crippen MR) is 132 cm³/mol. The SMILES string of the molecule is CSC(=S)NN=C(C)c1cccs1.CSC(=S)NN=C(C)c1cccs1.[Pd]. The first-order chi connectivity index (χ1) is 12.5. The molecule has 0 unspecified atom stereocenters. The van der Waals surface area contributed by atoms with Crippen LogP contribution in [0.25, 0.3) is 0 Å². The second-order valence-electron chi connectivity index (χ2n) is 4.56. The van der Waals surface area contributed by atoms with Gasteiger partial charge in [-0.1, -0.05) is 60.1 Å². The van der Waals surface area contributed by atoms with Gasteiger partial charge in [-0.3, -0.25) is 10.9 Å². The van der Waals surface area contributed by atoms with Gasteiger partial charge >= 0.3 is 0 Å². The van der Waals surface area contributed by atoms with Crippen molar-refractivity contribution in [1.82, 2.24) is 10.9 Å². The van der Waals surface area contributed by atoms with Crippen LogP contribution < -0.4 is 10.9 Å². The summed E-state index contributed by atoms with van der Waals surface area (Å²) >= 11 is 16.2. The van der Waals surface area contributed by atoms with E-state index in [4.69, 9.17) is 24.4 Å². The summed E-state index contributed by atoms with van der Waals surface area (Å²) in [5.74, 6) is 0. The fourth-order valence-corrected chi connectivity index (χ4v) is 3.15. The summed E-state index contributed by atoms with van der Waals surface area (Å²) in [5.41, 5.74) is 7.55. The third-order valence-electron chi connectivity index (χ3n) is 2.76. The zero-order chi connectivity index (χ0) is 19.4. The number of rotatable bonds is 4. The van der Waals surface area contributed by atoms with Crippen molar-refractivity contribution in [3.8, 4) is 0 Å². The van der Waals surface area contributed by atoms with Gasteiger partial charge in [0.2, 0.25) is 0 Å². The van der Waals surface area contributed by atoms with Crippen molar-refractivity contribution in [2.24, 2.45) is 10.2 Å². The van der Waals surface area contributed by atoms with Gasteiger partial charge in [0.05, 0.1) is 11.4 Å². The molecule has 150 valence electrons. The minimum absolute atomic E-state index is 0. The molecule has 0 aromatic carbocycles. The zero-order valence-corrected chi connectivity index (χ0v) is 21.6. The van der Waals surface area contributed by atoms with Crippen molar-refractivity contribution in [2.75, 3.05) is 12.5 Å². The molecule has 2 aromatic heterocycles. The summed E-state index contributed by atoms with van der Waals surface area (Å²) in [6.45, 7) is 3.92. The van der Waals surface area contributed by atoms with Crippen LogP contribution in [0.5, 0.6) is 0 Å². The van der Waals surface area contributed by atoms with E-state index in [1.54, 1.807) is 22.7 Å². The fraction of sp³-hybridized carbons (Fsp3) is 0.250. The normalized spacial score (nSPS) is 11.0. The Kier molecular flexibility index (Phi) is 15.7. The molecule has 2 N–H and O–H groups in total. The molecule has 0 saturated carbocycles. The summed E-state index contributed by atoms with van der Waals surface area (Å²) in [7, 11) is 0. The van der Waals surface area contributed by atoms with E-state index in [-0.39, 0.29) is 20.4 Å². The maximum atomic E-state index is 4.95. The quantitative estimate of drug-likeness (QED) is 0.223. The maximum Gasteiger partial charge on any atom is 0.153 e. The second kappa shape index (κ2) is 15.8. The number of hydrogen-bond donors (Lipinski definition) is 2. The number of hydrogen-bond acceptors (Lipinski definition) is 8. The first kappa shape index (κ1) is 26.9. The van der Waals surface area contributed by atoms with E-state index in [0.29, 0.717) is 8.64 Å². The average Bonchev–Trinajstić information content (AvgIpc) is 3.37. The van der Waals surface area contributed by atoms with E-state index < -0.39 is 0 Å². The van der Waals surface area contributed by atoms with Crippen LogP contribution in [0.2, 0.25) is 0 Å². The molecule has 0 radical (unpaired) electrons. The predicted octanol–water partition coefficient (Wildman–Crippen LogP) is 5.42. The molecule has 0 saturated heterocycles. The van der Waals surface area contributed by atoms with Gasteiger partial charge in [-0.05, 0) is 49.3 Å². The largest absolute Gasteiger partial charge is 0.262 e. The zero-order valence-electron chi connectivity index (χ0n) is 15.1. The minimum atomic E-state index is 0. The number of nitrogens with one attached hydrogen (secondary N) is 2. The summed E-state index contributed by atoms with van der Waals surface area (Å²) in [4.78, 5) is 2.33. The van der Waals surface area contributed by atoms with Crippen LogP contribution in [0.1, 0.15) is 23.6 Å².